The van der Waals surface area contributed by atoms with Crippen molar-refractivity contribution >= 4 is 17.8 Å². The second-order valence-electron chi connectivity index (χ2n) is 4.40. The number of carboxylic acids is 1. The van der Waals surface area contributed by atoms with Gasteiger partial charge in [0.05, 0.1) is 17.7 Å². The molecule has 0 heterocycles. The van der Waals surface area contributed by atoms with Crippen LogP contribution in [0.4, 0.5) is 0 Å². The second-order valence-corrected chi connectivity index (χ2v) is 4.40. The van der Waals surface area contributed by atoms with Crippen molar-refractivity contribution in [1.82, 2.24) is 4.90 Å². The summed E-state index contributed by atoms with van der Waals surface area (Å²) in [5, 5.41) is 9.09. The van der Waals surface area contributed by atoms with Crippen LogP contribution in [0.1, 0.15) is 40.5 Å². The minimum Gasteiger partial charge on any atom is -0.478 e. The summed E-state index contributed by atoms with van der Waals surface area (Å²) in [7, 11) is 0. The number of amides is 2. The van der Waals surface area contributed by atoms with Crippen LogP contribution >= 0.6 is 0 Å². The normalized spacial score (nSPS) is 10.1. The number of hydrogen-bond acceptors (Lipinski definition) is 3. The number of carbonyl (C=O) groups excluding carboxylic acids is 2. The zero-order chi connectivity index (χ0) is 15.1. The van der Waals surface area contributed by atoms with Crippen molar-refractivity contribution in [2.75, 3.05) is 13.1 Å². The highest BCUT2D eigenvalue weighted by atomic mass is 16.4. The Hall–Kier alpha value is -2.37. The molecule has 0 fully saturated rings. The van der Waals surface area contributed by atoms with Crippen molar-refractivity contribution in [3.05, 3.63) is 35.4 Å². The smallest absolute Gasteiger partial charge is 0.336 e. The summed E-state index contributed by atoms with van der Waals surface area (Å²) in [4.78, 5) is 35.8. The van der Waals surface area contributed by atoms with Gasteiger partial charge in [-0.1, -0.05) is 25.5 Å². The highest BCUT2D eigenvalue weighted by Gasteiger charge is 2.22. The van der Waals surface area contributed by atoms with Gasteiger partial charge in [0.15, 0.2) is 0 Å². The van der Waals surface area contributed by atoms with Crippen LogP contribution in [0, 0.1) is 0 Å². The first-order valence-corrected chi connectivity index (χ1v) is 6.37. The van der Waals surface area contributed by atoms with Gasteiger partial charge in [0.1, 0.15) is 0 Å². The maximum atomic E-state index is 12.4. The van der Waals surface area contributed by atoms with Gasteiger partial charge in [0, 0.05) is 6.54 Å². The lowest BCUT2D eigenvalue weighted by molar-refractivity contribution is -0.118. The molecule has 6 nitrogen and oxygen atoms in total. The van der Waals surface area contributed by atoms with Crippen molar-refractivity contribution in [3.8, 4) is 0 Å². The maximum absolute atomic E-state index is 12.4. The number of rotatable bonds is 7. The number of carboxylic acid groups (broad SMARTS) is 1. The number of benzene rings is 1. The van der Waals surface area contributed by atoms with E-state index in [1.165, 1.54) is 17.0 Å². The number of unbranched alkanes of at least 4 members (excludes halogenated alkanes) is 1. The van der Waals surface area contributed by atoms with Crippen LogP contribution in [0.2, 0.25) is 0 Å². The van der Waals surface area contributed by atoms with E-state index in [-0.39, 0.29) is 17.7 Å². The molecule has 0 radical (unpaired) electrons. The van der Waals surface area contributed by atoms with Gasteiger partial charge in [-0.3, -0.25) is 9.59 Å². The molecule has 1 rings (SSSR count). The van der Waals surface area contributed by atoms with Gasteiger partial charge in [-0.15, -0.1) is 0 Å². The molecule has 0 aliphatic heterocycles. The second kappa shape index (κ2) is 7.28. The Morgan fingerprint density at radius 1 is 1.20 bits per heavy atom. The van der Waals surface area contributed by atoms with Crippen molar-refractivity contribution in [2.24, 2.45) is 5.73 Å². The third-order valence-electron chi connectivity index (χ3n) is 2.80. The monoisotopic (exact) mass is 278 g/mol. The lowest BCUT2D eigenvalue weighted by Gasteiger charge is -2.21. The Balaban J connectivity index is 3.05. The molecule has 0 unspecified atom stereocenters. The average molecular weight is 278 g/mol. The minimum absolute atomic E-state index is 0.0670. The Kier molecular flexibility index (Phi) is 5.71. The van der Waals surface area contributed by atoms with Gasteiger partial charge in [-0.25, -0.2) is 4.79 Å². The van der Waals surface area contributed by atoms with Crippen molar-refractivity contribution in [2.45, 2.75) is 19.8 Å². The van der Waals surface area contributed by atoms with E-state index in [0.29, 0.717) is 13.0 Å². The Labute approximate surface area is 117 Å². The first kappa shape index (κ1) is 15.7. The van der Waals surface area contributed by atoms with Crippen molar-refractivity contribution in [1.29, 1.82) is 0 Å². The maximum Gasteiger partial charge on any atom is 0.336 e. The zero-order valence-electron chi connectivity index (χ0n) is 11.3. The Morgan fingerprint density at radius 2 is 1.80 bits per heavy atom. The number of hydrogen-bond donors (Lipinski definition) is 2. The van der Waals surface area contributed by atoms with E-state index in [2.05, 4.69) is 0 Å². The molecular weight excluding hydrogens is 260 g/mol. The van der Waals surface area contributed by atoms with E-state index in [4.69, 9.17) is 10.8 Å². The molecule has 1 aromatic carbocycles. The van der Waals surface area contributed by atoms with E-state index in [9.17, 15) is 14.4 Å². The molecule has 108 valence electrons. The molecule has 0 saturated heterocycles. The minimum atomic E-state index is -1.18. The lowest BCUT2D eigenvalue weighted by atomic mass is 10.1. The highest BCUT2D eigenvalue weighted by molar-refractivity contribution is 6.05. The van der Waals surface area contributed by atoms with E-state index in [1.807, 2.05) is 6.92 Å². The SMILES string of the molecule is CCCCN(CC(N)=O)C(=O)c1ccccc1C(=O)O. The molecule has 0 spiro atoms. The van der Waals surface area contributed by atoms with Crippen LogP contribution in [0.15, 0.2) is 24.3 Å². The summed E-state index contributed by atoms with van der Waals surface area (Å²) in [5.74, 6) is -2.29. The standard InChI is InChI=1S/C14H18N2O4/c1-2-3-8-16(9-12(15)17)13(18)10-6-4-5-7-11(10)14(19)20/h4-7H,2-3,8-9H2,1H3,(H2,15,17)(H,19,20). The predicted molar refractivity (Wildman–Crippen MR) is 73.4 cm³/mol. The van der Waals surface area contributed by atoms with Gasteiger partial charge in [-0.2, -0.15) is 0 Å². The zero-order valence-corrected chi connectivity index (χ0v) is 11.3. The number of primary amides is 1. The quantitative estimate of drug-likeness (QED) is 0.780. The van der Waals surface area contributed by atoms with Crippen LogP contribution in [0.25, 0.3) is 0 Å². The van der Waals surface area contributed by atoms with Crippen molar-refractivity contribution < 1.29 is 19.5 Å². The molecule has 0 aliphatic rings. The van der Waals surface area contributed by atoms with Crippen LogP contribution < -0.4 is 5.73 Å². The third kappa shape index (κ3) is 4.08. The summed E-state index contributed by atoms with van der Waals surface area (Å²) in [6.45, 7) is 2.11. The predicted octanol–water partition coefficient (Wildman–Crippen LogP) is 1.11. The third-order valence-corrected chi connectivity index (χ3v) is 2.80. The first-order chi connectivity index (χ1) is 9.47. The summed E-state index contributed by atoms with van der Waals surface area (Å²) in [5.41, 5.74) is 5.12. The molecule has 0 aliphatic carbocycles. The van der Waals surface area contributed by atoms with Crippen LogP contribution in [0.3, 0.4) is 0 Å². The van der Waals surface area contributed by atoms with E-state index in [1.54, 1.807) is 12.1 Å². The molecule has 20 heavy (non-hydrogen) atoms. The number of aromatic carboxylic acids is 1. The topological polar surface area (TPSA) is 101 Å². The Bertz CT molecular complexity index is 514. The summed E-state index contributed by atoms with van der Waals surface area (Å²) in [6, 6.07) is 5.93. The average Bonchev–Trinajstić information content (AvgIpc) is 2.42. The number of carbonyl (C=O) groups is 3. The lowest BCUT2D eigenvalue weighted by Crippen LogP contribution is -2.39. The number of nitrogens with two attached hydrogens (primary N) is 1. The molecular formula is C14H18N2O4. The Morgan fingerprint density at radius 3 is 2.30 bits per heavy atom. The fourth-order valence-electron chi connectivity index (χ4n) is 1.82. The molecule has 0 atom stereocenters. The highest BCUT2D eigenvalue weighted by Crippen LogP contribution is 2.12. The summed E-state index contributed by atoms with van der Waals surface area (Å²) < 4.78 is 0. The molecule has 0 bridgehead atoms. The fourth-order valence-corrected chi connectivity index (χ4v) is 1.82. The van der Waals surface area contributed by atoms with Crippen LogP contribution in [-0.2, 0) is 4.79 Å². The summed E-state index contributed by atoms with van der Waals surface area (Å²) in [6.07, 6.45) is 1.57. The number of nitrogens with zero attached hydrogens (tertiary/aromatic N) is 1. The van der Waals surface area contributed by atoms with Crippen LogP contribution in [0.5, 0.6) is 0 Å². The summed E-state index contributed by atoms with van der Waals surface area (Å²) >= 11 is 0. The van der Waals surface area contributed by atoms with Gasteiger partial charge >= 0.3 is 5.97 Å². The first-order valence-electron chi connectivity index (χ1n) is 6.37. The van der Waals surface area contributed by atoms with Crippen LogP contribution in [-0.4, -0.2) is 40.9 Å². The van der Waals surface area contributed by atoms with Gasteiger partial charge in [0.25, 0.3) is 5.91 Å². The molecule has 3 N–H and O–H groups in total. The van der Waals surface area contributed by atoms with E-state index < -0.39 is 17.8 Å². The molecule has 0 aromatic heterocycles. The van der Waals surface area contributed by atoms with Gasteiger partial charge in [0.2, 0.25) is 5.91 Å². The molecule has 0 saturated carbocycles. The largest absolute Gasteiger partial charge is 0.478 e. The molecule has 6 heteroatoms. The molecule has 1 aromatic rings. The van der Waals surface area contributed by atoms with Crippen molar-refractivity contribution in [3.63, 3.8) is 0 Å². The van der Waals surface area contributed by atoms with Gasteiger partial charge in [-0.05, 0) is 18.6 Å². The van der Waals surface area contributed by atoms with Gasteiger partial charge < -0.3 is 15.7 Å². The van der Waals surface area contributed by atoms with E-state index in [0.717, 1.165) is 6.42 Å². The molecule has 2 amide bonds. The fraction of sp³-hybridized carbons (Fsp3) is 0.357. The van der Waals surface area contributed by atoms with E-state index >= 15 is 0 Å².